The van der Waals surface area contributed by atoms with E-state index < -0.39 is 11.6 Å². The number of allylic oxidation sites excluding steroid dienone is 2. The third kappa shape index (κ3) is 0.934. The number of epoxide rings is 1. The van der Waals surface area contributed by atoms with Crippen LogP contribution in [0.2, 0.25) is 0 Å². The van der Waals surface area contributed by atoms with Gasteiger partial charge in [0.15, 0.2) is 0 Å². The topological polar surface area (TPSA) is 21.8 Å². The first-order valence-corrected chi connectivity index (χ1v) is 4.12. The molecule has 0 amide bonds. The second kappa shape index (κ2) is 2.41. The van der Waals surface area contributed by atoms with Crippen LogP contribution in [0.5, 0.6) is 0 Å². The van der Waals surface area contributed by atoms with Gasteiger partial charge in [-0.05, 0) is 18.6 Å². The van der Waals surface area contributed by atoms with Gasteiger partial charge in [0.2, 0.25) is 0 Å². The molecule has 1 aliphatic carbocycles. The maximum absolute atomic E-state index is 13.4. The largest absolute Gasteiger partial charge is 0.342 e. The lowest BCUT2D eigenvalue weighted by molar-refractivity contribution is -0.00927. The van der Waals surface area contributed by atoms with Crippen LogP contribution in [-0.4, -0.2) is 18.2 Å². The minimum atomic E-state index is -1.70. The lowest BCUT2D eigenvalue weighted by Crippen LogP contribution is -2.23. The average molecular weight is 170 g/mol. The Morgan fingerprint density at radius 2 is 2.17 bits per heavy atom. The van der Waals surface area contributed by atoms with Crippen molar-refractivity contribution >= 4 is 0 Å². The first kappa shape index (κ1) is 7.95. The van der Waals surface area contributed by atoms with E-state index in [0.717, 1.165) is 6.42 Å². The van der Waals surface area contributed by atoms with Gasteiger partial charge in [0.05, 0.1) is 6.61 Å². The van der Waals surface area contributed by atoms with E-state index in [2.05, 4.69) is 0 Å². The molecule has 0 N–H and O–H groups in total. The maximum atomic E-state index is 13.4. The number of rotatable bonds is 3. The Kier molecular flexibility index (Phi) is 1.59. The van der Waals surface area contributed by atoms with Crippen molar-refractivity contribution in [1.29, 1.82) is 0 Å². The van der Waals surface area contributed by atoms with Crippen molar-refractivity contribution in [3.05, 3.63) is 24.3 Å². The maximum Gasteiger partial charge on any atom is 0.290 e. The molecule has 3 heteroatoms. The summed E-state index contributed by atoms with van der Waals surface area (Å²) in [5.41, 5.74) is 0. The molecule has 2 rings (SSSR count). The second-order valence-electron chi connectivity index (χ2n) is 2.98. The first-order valence-electron chi connectivity index (χ1n) is 4.12. The molecule has 2 atom stereocenters. The Morgan fingerprint density at radius 3 is 2.83 bits per heavy atom. The van der Waals surface area contributed by atoms with Gasteiger partial charge in [-0.2, -0.15) is 0 Å². The normalized spacial score (nSPS) is 42.8. The van der Waals surface area contributed by atoms with E-state index in [0.29, 0.717) is 6.61 Å². The average Bonchev–Trinajstić information content (AvgIpc) is 2.68. The zero-order chi connectivity index (χ0) is 8.66. The third-order valence-corrected chi connectivity index (χ3v) is 1.99. The standard InChI is InChI=1S/C9H11FO2/c1-2-7-11-9-6-4-3-5-8(9,10)12-9/h3-6H,2,7H2,1H3. The lowest BCUT2D eigenvalue weighted by Gasteiger charge is -2.10. The van der Waals surface area contributed by atoms with Crippen molar-refractivity contribution in [3.63, 3.8) is 0 Å². The number of ether oxygens (including phenoxy) is 2. The molecule has 2 aliphatic rings. The number of alkyl halides is 1. The van der Waals surface area contributed by atoms with Crippen molar-refractivity contribution in [2.75, 3.05) is 6.61 Å². The summed E-state index contributed by atoms with van der Waals surface area (Å²) in [7, 11) is 0. The van der Waals surface area contributed by atoms with Crippen molar-refractivity contribution in [2.24, 2.45) is 0 Å². The van der Waals surface area contributed by atoms with Crippen LogP contribution in [-0.2, 0) is 9.47 Å². The molecule has 0 spiro atoms. The number of halogens is 1. The monoisotopic (exact) mass is 170 g/mol. The van der Waals surface area contributed by atoms with Crippen molar-refractivity contribution in [1.82, 2.24) is 0 Å². The van der Waals surface area contributed by atoms with Gasteiger partial charge in [0, 0.05) is 0 Å². The molecule has 0 aromatic heterocycles. The molecular weight excluding hydrogens is 159 g/mol. The molecule has 1 saturated heterocycles. The summed E-state index contributed by atoms with van der Waals surface area (Å²) in [4.78, 5) is 0. The highest BCUT2D eigenvalue weighted by atomic mass is 19.2. The van der Waals surface area contributed by atoms with E-state index in [1.165, 1.54) is 6.08 Å². The van der Waals surface area contributed by atoms with Gasteiger partial charge in [0.1, 0.15) is 0 Å². The van der Waals surface area contributed by atoms with Gasteiger partial charge in [-0.25, -0.2) is 4.39 Å². The van der Waals surface area contributed by atoms with Gasteiger partial charge in [0.25, 0.3) is 11.6 Å². The molecule has 2 nitrogen and oxygen atoms in total. The molecule has 0 aromatic rings. The van der Waals surface area contributed by atoms with Crippen LogP contribution < -0.4 is 0 Å². The van der Waals surface area contributed by atoms with Crippen LogP contribution in [0.4, 0.5) is 4.39 Å². The molecule has 1 fully saturated rings. The summed E-state index contributed by atoms with van der Waals surface area (Å²) in [6.07, 6.45) is 7.21. The predicted octanol–water partition coefficient (Wildman–Crippen LogP) is 1.93. The quantitative estimate of drug-likeness (QED) is 0.603. The first-order chi connectivity index (χ1) is 5.72. The molecule has 2 unspecified atom stereocenters. The zero-order valence-electron chi connectivity index (χ0n) is 6.92. The summed E-state index contributed by atoms with van der Waals surface area (Å²) in [6.45, 7) is 2.49. The van der Waals surface area contributed by atoms with E-state index in [1.54, 1.807) is 18.2 Å². The molecule has 12 heavy (non-hydrogen) atoms. The molecule has 1 heterocycles. The summed E-state index contributed by atoms with van der Waals surface area (Å²) >= 11 is 0. The zero-order valence-corrected chi connectivity index (χ0v) is 6.92. The highest BCUT2D eigenvalue weighted by molar-refractivity contribution is 5.32. The highest BCUT2D eigenvalue weighted by Gasteiger charge is 2.71. The lowest BCUT2D eigenvalue weighted by atomic mass is 10.1. The van der Waals surface area contributed by atoms with Crippen LogP contribution in [0.3, 0.4) is 0 Å². The van der Waals surface area contributed by atoms with Gasteiger partial charge < -0.3 is 4.74 Å². The Labute approximate surface area is 70.7 Å². The Morgan fingerprint density at radius 1 is 1.42 bits per heavy atom. The fraction of sp³-hybridized carbons (Fsp3) is 0.556. The molecule has 66 valence electrons. The SMILES string of the molecule is CCCOC12C=CC=CC1(F)O2. The van der Waals surface area contributed by atoms with Crippen molar-refractivity contribution < 1.29 is 13.9 Å². The number of hydrogen-bond acceptors (Lipinski definition) is 2. The van der Waals surface area contributed by atoms with Crippen LogP contribution in [0, 0.1) is 0 Å². The minimum Gasteiger partial charge on any atom is -0.342 e. The molecular formula is C9H11FO2. The minimum absolute atomic E-state index is 0.518. The van der Waals surface area contributed by atoms with Crippen molar-refractivity contribution in [2.45, 2.75) is 25.0 Å². The van der Waals surface area contributed by atoms with Crippen LogP contribution in [0.15, 0.2) is 24.3 Å². The van der Waals surface area contributed by atoms with Crippen LogP contribution in [0.25, 0.3) is 0 Å². The van der Waals surface area contributed by atoms with Gasteiger partial charge in [-0.3, -0.25) is 4.74 Å². The van der Waals surface area contributed by atoms with Gasteiger partial charge >= 0.3 is 0 Å². The van der Waals surface area contributed by atoms with E-state index >= 15 is 0 Å². The fourth-order valence-electron chi connectivity index (χ4n) is 1.28. The second-order valence-corrected chi connectivity index (χ2v) is 2.98. The Balaban J connectivity index is 2.06. The Hall–Kier alpha value is -0.670. The van der Waals surface area contributed by atoms with E-state index in [4.69, 9.17) is 9.47 Å². The summed E-state index contributed by atoms with van der Waals surface area (Å²) in [5, 5.41) is 0. The van der Waals surface area contributed by atoms with Gasteiger partial charge in [-0.1, -0.05) is 19.1 Å². The molecule has 0 bridgehead atoms. The molecule has 0 aromatic carbocycles. The van der Waals surface area contributed by atoms with E-state index in [-0.39, 0.29) is 0 Å². The fourth-order valence-corrected chi connectivity index (χ4v) is 1.28. The van der Waals surface area contributed by atoms with Crippen LogP contribution >= 0.6 is 0 Å². The van der Waals surface area contributed by atoms with E-state index in [1.807, 2.05) is 6.92 Å². The number of fused-ring (bicyclic) bond motifs is 1. The van der Waals surface area contributed by atoms with E-state index in [9.17, 15) is 4.39 Å². The molecule has 0 radical (unpaired) electrons. The van der Waals surface area contributed by atoms with Gasteiger partial charge in [-0.15, -0.1) is 0 Å². The highest BCUT2D eigenvalue weighted by Crippen LogP contribution is 2.54. The Bertz CT molecular complexity index is 249. The smallest absolute Gasteiger partial charge is 0.290 e. The molecule has 1 aliphatic heterocycles. The number of hydrogen-bond donors (Lipinski definition) is 0. The van der Waals surface area contributed by atoms with Crippen LogP contribution in [0.1, 0.15) is 13.3 Å². The van der Waals surface area contributed by atoms with Crippen molar-refractivity contribution in [3.8, 4) is 0 Å². The summed E-state index contributed by atoms with van der Waals surface area (Å²) < 4.78 is 23.6. The molecule has 0 saturated carbocycles. The summed E-state index contributed by atoms with van der Waals surface area (Å²) in [6, 6.07) is 0. The third-order valence-electron chi connectivity index (χ3n) is 1.99. The predicted molar refractivity (Wildman–Crippen MR) is 42.2 cm³/mol. The summed E-state index contributed by atoms with van der Waals surface area (Å²) in [5.74, 6) is -2.80.